The molecule has 1 saturated heterocycles. The van der Waals surface area contributed by atoms with Crippen LogP contribution < -0.4 is 5.32 Å². The van der Waals surface area contributed by atoms with Crippen molar-refractivity contribution in [2.45, 2.75) is 38.5 Å². The standard InChI is InChI=1S/C21H25N3/c1-2-19-6-7-20(24-21(19)3-1)13-18-12-17(14-23-15-18)5-4-16-8-10-22-11-9-16/h1-2,6-7,12,14-16,22H,3-5,8-11,13H2. The first-order valence-electron chi connectivity index (χ1n) is 9.16. The van der Waals surface area contributed by atoms with Crippen molar-refractivity contribution in [2.75, 3.05) is 13.1 Å². The molecule has 24 heavy (non-hydrogen) atoms. The molecule has 1 aliphatic heterocycles. The van der Waals surface area contributed by atoms with E-state index in [1.54, 1.807) is 0 Å². The quantitative estimate of drug-likeness (QED) is 0.915. The molecule has 2 aliphatic rings. The number of piperidine rings is 1. The molecule has 0 saturated carbocycles. The van der Waals surface area contributed by atoms with E-state index in [0.717, 1.165) is 30.9 Å². The molecule has 3 nitrogen and oxygen atoms in total. The maximum absolute atomic E-state index is 4.80. The van der Waals surface area contributed by atoms with Crippen molar-refractivity contribution in [3.05, 3.63) is 64.7 Å². The first-order chi connectivity index (χ1) is 11.9. The molecular weight excluding hydrogens is 294 g/mol. The second-order valence-electron chi connectivity index (χ2n) is 7.06. The summed E-state index contributed by atoms with van der Waals surface area (Å²) < 4.78 is 0. The van der Waals surface area contributed by atoms with Gasteiger partial charge in [0.25, 0.3) is 0 Å². The average molecular weight is 319 g/mol. The highest BCUT2D eigenvalue weighted by Crippen LogP contribution is 2.21. The van der Waals surface area contributed by atoms with Crippen LogP contribution in [0, 0.1) is 5.92 Å². The van der Waals surface area contributed by atoms with Crippen LogP contribution in [0.2, 0.25) is 0 Å². The predicted molar refractivity (Wildman–Crippen MR) is 97.9 cm³/mol. The fraction of sp³-hybridized carbons (Fsp3) is 0.429. The van der Waals surface area contributed by atoms with E-state index in [4.69, 9.17) is 4.98 Å². The molecule has 1 fully saturated rings. The normalized spacial score (nSPS) is 17.2. The Morgan fingerprint density at radius 3 is 2.88 bits per heavy atom. The van der Waals surface area contributed by atoms with Crippen LogP contribution in [0.5, 0.6) is 0 Å². The smallest absolute Gasteiger partial charge is 0.0516 e. The van der Waals surface area contributed by atoms with E-state index in [-0.39, 0.29) is 0 Å². The van der Waals surface area contributed by atoms with Gasteiger partial charge in [-0.3, -0.25) is 9.97 Å². The Morgan fingerprint density at radius 2 is 1.96 bits per heavy atom. The first kappa shape index (κ1) is 15.5. The van der Waals surface area contributed by atoms with Crippen LogP contribution in [-0.2, 0) is 19.3 Å². The molecule has 0 bridgehead atoms. The molecule has 4 rings (SSSR count). The van der Waals surface area contributed by atoms with Crippen molar-refractivity contribution >= 4 is 6.08 Å². The van der Waals surface area contributed by atoms with Gasteiger partial charge >= 0.3 is 0 Å². The third-order valence-corrected chi connectivity index (χ3v) is 5.21. The molecule has 0 unspecified atom stereocenters. The summed E-state index contributed by atoms with van der Waals surface area (Å²) in [6, 6.07) is 6.66. The molecule has 0 radical (unpaired) electrons. The number of pyridine rings is 2. The van der Waals surface area contributed by atoms with Gasteiger partial charge < -0.3 is 5.32 Å². The summed E-state index contributed by atoms with van der Waals surface area (Å²) in [7, 11) is 0. The number of hydrogen-bond acceptors (Lipinski definition) is 3. The molecule has 2 aromatic rings. The minimum absolute atomic E-state index is 0.876. The molecule has 3 heterocycles. The van der Waals surface area contributed by atoms with E-state index in [1.165, 1.54) is 54.7 Å². The van der Waals surface area contributed by atoms with Crippen LogP contribution in [0.1, 0.15) is 47.3 Å². The van der Waals surface area contributed by atoms with Crippen molar-refractivity contribution in [3.63, 3.8) is 0 Å². The topological polar surface area (TPSA) is 37.8 Å². The lowest BCUT2D eigenvalue weighted by atomic mass is 9.91. The molecule has 124 valence electrons. The van der Waals surface area contributed by atoms with E-state index < -0.39 is 0 Å². The minimum atomic E-state index is 0.876. The Labute approximate surface area is 144 Å². The van der Waals surface area contributed by atoms with Crippen molar-refractivity contribution in [1.29, 1.82) is 0 Å². The number of allylic oxidation sites excluding steroid dienone is 1. The van der Waals surface area contributed by atoms with E-state index in [0.29, 0.717) is 0 Å². The zero-order valence-corrected chi connectivity index (χ0v) is 14.2. The summed E-state index contributed by atoms with van der Waals surface area (Å²) in [5, 5.41) is 3.44. The number of aromatic nitrogens is 2. The van der Waals surface area contributed by atoms with Gasteiger partial charge in [-0.25, -0.2) is 0 Å². The van der Waals surface area contributed by atoms with E-state index in [9.17, 15) is 0 Å². The average Bonchev–Trinajstić information content (AvgIpc) is 3.09. The summed E-state index contributed by atoms with van der Waals surface area (Å²) in [6.07, 6.45) is 15.3. The lowest BCUT2D eigenvalue weighted by Crippen LogP contribution is -2.27. The molecule has 0 atom stereocenters. The second-order valence-corrected chi connectivity index (χ2v) is 7.06. The van der Waals surface area contributed by atoms with E-state index in [1.807, 2.05) is 12.4 Å². The van der Waals surface area contributed by atoms with Crippen LogP contribution in [0.15, 0.2) is 36.7 Å². The third kappa shape index (κ3) is 3.73. The Hall–Kier alpha value is -2.00. The molecule has 1 N–H and O–H groups in total. The molecule has 0 amide bonds. The molecule has 0 spiro atoms. The highest BCUT2D eigenvalue weighted by molar-refractivity contribution is 5.57. The number of aryl methyl sites for hydroxylation is 1. The number of nitrogens with zero attached hydrogens (tertiary/aromatic N) is 2. The monoisotopic (exact) mass is 319 g/mol. The summed E-state index contributed by atoms with van der Waals surface area (Å²) >= 11 is 0. The predicted octanol–water partition coefficient (Wildman–Crippen LogP) is 3.57. The Kier molecular flexibility index (Phi) is 4.70. The fourth-order valence-corrected chi connectivity index (χ4v) is 3.79. The number of nitrogens with one attached hydrogen (secondary N) is 1. The minimum Gasteiger partial charge on any atom is -0.317 e. The number of fused-ring (bicyclic) bond motifs is 1. The number of rotatable bonds is 5. The Balaban J connectivity index is 1.39. The summed E-state index contributed by atoms with van der Waals surface area (Å²) in [6.45, 7) is 2.36. The van der Waals surface area contributed by atoms with Crippen LogP contribution in [0.3, 0.4) is 0 Å². The van der Waals surface area contributed by atoms with Gasteiger partial charge in [-0.2, -0.15) is 0 Å². The van der Waals surface area contributed by atoms with Crippen LogP contribution in [0.25, 0.3) is 6.08 Å². The molecular formula is C21H25N3. The van der Waals surface area contributed by atoms with Crippen LogP contribution >= 0.6 is 0 Å². The molecule has 0 aromatic carbocycles. The maximum atomic E-state index is 4.80. The van der Waals surface area contributed by atoms with Gasteiger partial charge in [-0.15, -0.1) is 0 Å². The molecule has 2 aromatic heterocycles. The van der Waals surface area contributed by atoms with Crippen LogP contribution in [0.4, 0.5) is 0 Å². The number of hydrogen-bond donors (Lipinski definition) is 1. The summed E-state index contributed by atoms with van der Waals surface area (Å²) in [4.78, 5) is 9.26. The summed E-state index contributed by atoms with van der Waals surface area (Å²) in [5.74, 6) is 0.876. The van der Waals surface area contributed by atoms with E-state index in [2.05, 4.69) is 40.7 Å². The molecule has 1 aliphatic carbocycles. The largest absolute Gasteiger partial charge is 0.317 e. The van der Waals surface area contributed by atoms with Gasteiger partial charge in [0.1, 0.15) is 0 Å². The van der Waals surface area contributed by atoms with Gasteiger partial charge in [0, 0.05) is 30.9 Å². The van der Waals surface area contributed by atoms with Gasteiger partial charge in [-0.1, -0.05) is 24.3 Å². The lowest BCUT2D eigenvalue weighted by molar-refractivity contribution is 0.354. The highest BCUT2D eigenvalue weighted by Gasteiger charge is 2.13. The van der Waals surface area contributed by atoms with Gasteiger partial charge in [-0.05, 0) is 67.4 Å². The zero-order valence-electron chi connectivity index (χ0n) is 14.2. The zero-order chi connectivity index (χ0) is 16.2. The van der Waals surface area contributed by atoms with Crippen molar-refractivity contribution < 1.29 is 0 Å². The van der Waals surface area contributed by atoms with Crippen molar-refractivity contribution in [3.8, 4) is 0 Å². The van der Waals surface area contributed by atoms with Crippen molar-refractivity contribution in [1.82, 2.24) is 15.3 Å². The van der Waals surface area contributed by atoms with E-state index >= 15 is 0 Å². The van der Waals surface area contributed by atoms with Gasteiger partial charge in [0.05, 0.1) is 5.69 Å². The maximum Gasteiger partial charge on any atom is 0.0516 e. The fourth-order valence-electron chi connectivity index (χ4n) is 3.79. The van der Waals surface area contributed by atoms with Gasteiger partial charge in [0.15, 0.2) is 0 Å². The van der Waals surface area contributed by atoms with Gasteiger partial charge in [0.2, 0.25) is 0 Å². The SMILES string of the molecule is C1=Cc2ccc(Cc3cncc(CCC4CCNCC4)c3)nc2C1. The van der Waals surface area contributed by atoms with Crippen LogP contribution in [-0.4, -0.2) is 23.1 Å². The third-order valence-electron chi connectivity index (χ3n) is 5.21. The summed E-state index contributed by atoms with van der Waals surface area (Å²) in [5.41, 5.74) is 6.27. The Bertz CT molecular complexity index is 730. The second kappa shape index (κ2) is 7.27. The lowest BCUT2D eigenvalue weighted by Gasteiger charge is -2.22. The Morgan fingerprint density at radius 1 is 1.08 bits per heavy atom. The first-order valence-corrected chi connectivity index (χ1v) is 9.16. The highest BCUT2D eigenvalue weighted by atomic mass is 14.9. The van der Waals surface area contributed by atoms with Crippen molar-refractivity contribution in [2.24, 2.45) is 5.92 Å². The molecule has 3 heteroatoms.